The average Bonchev–Trinajstić information content (AvgIpc) is 2.52. The summed E-state index contributed by atoms with van der Waals surface area (Å²) in [7, 11) is 2.61. The first kappa shape index (κ1) is 23.1. The highest BCUT2D eigenvalue weighted by Crippen LogP contribution is 2.32. The average molecular weight is 321 g/mol. The van der Waals surface area contributed by atoms with E-state index in [-0.39, 0.29) is 0 Å². The molecule has 0 saturated carbocycles. The lowest BCUT2D eigenvalue weighted by atomic mass is 9.50. The van der Waals surface area contributed by atoms with E-state index in [2.05, 4.69) is 35.0 Å². The highest BCUT2D eigenvalue weighted by molar-refractivity contribution is 6.39. The van der Waals surface area contributed by atoms with Gasteiger partial charge in [0.15, 0.2) is 0 Å². The maximum absolute atomic E-state index is 2.61. The smallest absolute Gasteiger partial charge is 0.0796 e. The molecule has 0 aliphatic carbocycles. The molecule has 0 atom stereocenters. The summed E-state index contributed by atoms with van der Waals surface area (Å²) in [5, 5.41) is 0.463. The highest BCUT2D eigenvalue weighted by Gasteiger charge is 2.17. The van der Waals surface area contributed by atoms with Gasteiger partial charge in [0.25, 0.3) is 0 Å². The minimum Gasteiger partial charge on any atom is -0.0796 e. The molecule has 0 N–H and O–H groups in total. The van der Waals surface area contributed by atoms with Gasteiger partial charge in [0, 0.05) is 0 Å². The van der Waals surface area contributed by atoms with Gasteiger partial charge in [0.2, 0.25) is 0 Å². The van der Waals surface area contributed by atoms with E-state index in [0.29, 0.717) is 5.31 Å². The molecule has 0 bridgehead atoms. The van der Waals surface area contributed by atoms with Crippen LogP contribution in [0.3, 0.4) is 0 Å². The molecule has 1 radical (unpaired) electrons. The molecule has 0 unspecified atom stereocenters. The Morgan fingerprint density at radius 1 is 0.522 bits per heavy atom. The van der Waals surface area contributed by atoms with Crippen LogP contribution in [0.5, 0.6) is 0 Å². The fraction of sp³-hybridized carbons (Fsp3) is 1.00. The molecule has 23 heavy (non-hydrogen) atoms. The third-order valence-corrected chi connectivity index (χ3v) is 5.18. The monoisotopic (exact) mass is 321 g/mol. The van der Waals surface area contributed by atoms with E-state index in [0.717, 1.165) is 0 Å². The van der Waals surface area contributed by atoms with Gasteiger partial charge < -0.3 is 0 Å². The zero-order valence-electron chi connectivity index (χ0n) is 17.1. The third-order valence-electron chi connectivity index (χ3n) is 5.18. The number of unbranched alkanes of at least 4 members (excludes halogenated alkanes) is 13. The lowest BCUT2D eigenvalue weighted by Gasteiger charge is -2.23. The zero-order valence-corrected chi connectivity index (χ0v) is 17.1. The Balaban J connectivity index is 3.33. The van der Waals surface area contributed by atoms with E-state index >= 15 is 0 Å². The van der Waals surface area contributed by atoms with Crippen LogP contribution >= 0.6 is 0 Å². The summed E-state index contributed by atoms with van der Waals surface area (Å²) in [6.45, 7) is 9.47. The number of hydrogen-bond acceptors (Lipinski definition) is 0. The molecule has 0 heterocycles. The van der Waals surface area contributed by atoms with Gasteiger partial charge in [-0.05, 0) is 0 Å². The minimum atomic E-state index is 0.463. The molecule has 0 amide bonds. The largest absolute Gasteiger partial charge is 0.117 e. The summed E-state index contributed by atoms with van der Waals surface area (Å²) in [6.07, 6.45) is 24.2. The van der Waals surface area contributed by atoms with Gasteiger partial charge in [-0.15, -0.1) is 0 Å². The van der Waals surface area contributed by atoms with Crippen LogP contribution in [-0.2, 0) is 0 Å². The van der Waals surface area contributed by atoms with Crippen molar-refractivity contribution in [1.29, 1.82) is 0 Å². The summed E-state index contributed by atoms with van der Waals surface area (Å²) in [5.41, 5.74) is 0. The molecule has 137 valence electrons. The Morgan fingerprint density at radius 2 is 0.913 bits per heavy atom. The minimum absolute atomic E-state index is 0.463. The van der Waals surface area contributed by atoms with E-state index in [9.17, 15) is 0 Å². The molecule has 0 aliphatic heterocycles. The van der Waals surface area contributed by atoms with Crippen molar-refractivity contribution in [2.75, 3.05) is 0 Å². The van der Waals surface area contributed by atoms with E-state index in [4.69, 9.17) is 0 Å². The second kappa shape index (κ2) is 16.9. The van der Waals surface area contributed by atoms with Gasteiger partial charge in [0.1, 0.15) is 7.28 Å². The van der Waals surface area contributed by atoms with E-state index < -0.39 is 0 Å². The Morgan fingerprint density at radius 3 is 1.39 bits per heavy atom. The predicted molar refractivity (Wildman–Crippen MR) is 110 cm³/mol. The van der Waals surface area contributed by atoms with Crippen LogP contribution in [0.15, 0.2) is 0 Å². The van der Waals surface area contributed by atoms with Crippen molar-refractivity contribution >= 4 is 7.28 Å². The maximum atomic E-state index is 2.61. The van der Waals surface area contributed by atoms with Crippen molar-refractivity contribution in [2.45, 2.75) is 142 Å². The van der Waals surface area contributed by atoms with Gasteiger partial charge >= 0.3 is 0 Å². The Labute approximate surface area is 149 Å². The fourth-order valence-electron chi connectivity index (χ4n) is 3.41. The van der Waals surface area contributed by atoms with Gasteiger partial charge in [0.05, 0.1) is 0 Å². The molecule has 0 saturated heterocycles. The Bertz CT molecular complexity index is 222. The molecule has 1 heteroatoms. The van der Waals surface area contributed by atoms with Gasteiger partial charge in [-0.25, -0.2) is 0 Å². The van der Waals surface area contributed by atoms with Crippen molar-refractivity contribution in [2.24, 2.45) is 0 Å². The van der Waals surface area contributed by atoms with Gasteiger partial charge in [-0.3, -0.25) is 0 Å². The molecule has 0 aliphatic rings. The summed E-state index contributed by atoms with van der Waals surface area (Å²) < 4.78 is 0. The summed E-state index contributed by atoms with van der Waals surface area (Å²) in [5.74, 6) is 0. The lowest BCUT2D eigenvalue weighted by Crippen LogP contribution is -2.12. The SMILES string of the molecule is CCCCCCCCCC[B]C(C)(C)CCCCCCCCC. The quantitative estimate of drug-likeness (QED) is 0.175. The highest BCUT2D eigenvalue weighted by atomic mass is 14.1. The van der Waals surface area contributed by atoms with Crippen molar-refractivity contribution in [1.82, 2.24) is 0 Å². The molecule has 0 aromatic heterocycles. The van der Waals surface area contributed by atoms with E-state index in [1.54, 1.807) is 0 Å². The van der Waals surface area contributed by atoms with E-state index in [1.807, 2.05) is 0 Å². The first-order valence-electron chi connectivity index (χ1n) is 11.0. The molecular weight excluding hydrogens is 275 g/mol. The van der Waals surface area contributed by atoms with Crippen molar-refractivity contribution < 1.29 is 0 Å². The maximum Gasteiger partial charge on any atom is 0.117 e. The zero-order chi connectivity index (χ0) is 17.2. The lowest BCUT2D eigenvalue weighted by molar-refractivity contribution is 0.518. The topological polar surface area (TPSA) is 0 Å². The van der Waals surface area contributed by atoms with Crippen LogP contribution in [-0.4, -0.2) is 7.28 Å². The number of rotatable bonds is 18. The van der Waals surface area contributed by atoms with Crippen LogP contribution in [0, 0.1) is 0 Å². The normalized spacial score (nSPS) is 11.8. The van der Waals surface area contributed by atoms with Crippen LogP contribution in [0.1, 0.15) is 130 Å². The Kier molecular flexibility index (Phi) is 17.0. The molecule has 0 rings (SSSR count). The standard InChI is InChI=1S/C22H46B/c1-5-7-9-11-13-15-17-19-21-23-22(3,4)20-18-16-14-12-10-8-6-2/h5-21H2,1-4H3. The molecular formula is C22H46B. The summed E-state index contributed by atoms with van der Waals surface area (Å²) in [4.78, 5) is 0. The molecule has 0 nitrogen and oxygen atoms in total. The first-order valence-corrected chi connectivity index (χ1v) is 11.0. The second-order valence-electron chi connectivity index (χ2n) is 8.33. The predicted octanol–water partition coefficient (Wildman–Crippen LogP) is 8.59. The van der Waals surface area contributed by atoms with Crippen LogP contribution in [0.25, 0.3) is 0 Å². The van der Waals surface area contributed by atoms with Crippen LogP contribution < -0.4 is 0 Å². The summed E-state index contributed by atoms with van der Waals surface area (Å²) in [6, 6.07) is 0. The number of hydrogen-bond donors (Lipinski definition) is 0. The van der Waals surface area contributed by atoms with Gasteiger partial charge in [-0.1, -0.05) is 142 Å². The van der Waals surface area contributed by atoms with Crippen molar-refractivity contribution in [3.8, 4) is 0 Å². The van der Waals surface area contributed by atoms with Crippen molar-refractivity contribution in [3.05, 3.63) is 0 Å². The van der Waals surface area contributed by atoms with Gasteiger partial charge in [-0.2, -0.15) is 0 Å². The molecule has 0 aromatic carbocycles. The molecule has 0 fully saturated rings. The fourth-order valence-corrected chi connectivity index (χ4v) is 3.41. The van der Waals surface area contributed by atoms with Crippen LogP contribution in [0.2, 0.25) is 11.6 Å². The third kappa shape index (κ3) is 18.2. The molecule has 0 spiro atoms. The summed E-state index contributed by atoms with van der Waals surface area (Å²) >= 11 is 0. The van der Waals surface area contributed by atoms with Crippen LogP contribution in [0.4, 0.5) is 0 Å². The van der Waals surface area contributed by atoms with Crippen molar-refractivity contribution in [3.63, 3.8) is 0 Å². The Hall–Kier alpha value is 0.0649. The first-order chi connectivity index (χ1) is 11.1. The molecule has 0 aromatic rings. The van der Waals surface area contributed by atoms with E-state index in [1.165, 1.54) is 109 Å². The second-order valence-corrected chi connectivity index (χ2v) is 8.33.